The Balaban J connectivity index is 0.000000406. The third-order valence-corrected chi connectivity index (χ3v) is 4.48. The van der Waals surface area contributed by atoms with Crippen LogP contribution in [-0.2, 0) is 9.47 Å². The largest absolute Gasteiger partial charge is 0.462 e. The molecule has 0 saturated heterocycles. The van der Waals surface area contributed by atoms with E-state index in [4.69, 9.17) is 19.7 Å². The van der Waals surface area contributed by atoms with Crippen LogP contribution in [0.25, 0.3) is 0 Å². The van der Waals surface area contributed by atoms with Crippen molar-refractivity contribution in [2.45, 2.75) is 77.4 Å². The molecule has 1 saturated carbocycles. The van der Waals surface area contributed by atoms with Gasteiger partial charge in [-0.2, -0.15) is 0 Å². The van der Waals surface area contributed by atoms with Crippen LogP contribution in [0.1, 0.15) is 92.4 Å². The van der Waals surface area contributed by atoms with Gasteiger partial charge in [-0.1, -0.05) is 45.2 Å². The molecule has 1 aromatic rings. The number of hydrogen-bond acceptors (Lipinski definition) is 6. The lowest BCUT2D eigenvalue weighted by Gasteiger charge is -2.25. The number of ether oxygens (including phenoxy) is 2. The quantitative estimate of drug-likeness (QED) is 0.389. The number of rotatable bonds is 8. The lowest BCUT2D eigenvalue weighted by molar-refractivity contribution is -0.180. The van der Waals surface area contributed by atoms with Gasteiger partial charge < -0.3 is 19.7 Å². The minimum Gasteiger partial charge on any atom is -0.462 e. The number of carbonyl (C=O) groups excluding carboxylic acids is 2. The van der Waals surface area contributed by atoms with Gasteiger partial charge in [0.2, 0.25) is 0 Å². The van der Waals surface area contributed by atoms with Crippen molar-refractivity contribution in [2.24, 2.45) is 0 Å². The first kappa shape index (κ1) is 24.1. The van der Waals surface area contributed by atoms with Crippen molar-refractivity contribution in [3.05, 3.63) is 35.4 Å². The molecule has 158 valence electrons. The highest BCUT2D eigenvalue weighted by Gasteiger charge is 2.24. The normalized spacial score (nSPS) is 15.1. The standard InChI is InChI=1S/C16H22O4.C6H12O2/c1-3-5-11-19-15(17)13-9-7-8-10-14(13)16(18)20-12-6-4-2;7-6(8)4-2-1-3-5-6/h7-10H,3-6,11-12H2,1-2H3;7-8H,1-5H2. The summed E-state index contributed by atoms with van der Waals surface area (Å²) in [5.74, 6) is -2.26. The smallest absolute Gasteiger partial charge is 0.339 e. The summed E-state index contributed by atoms with van der Waals surface area (Å²) in [7, 11) is 0. The van der Waals surface area contributed by atoms with Crippen LogP contribution in [0.3, 0.4) is 0 Å². The average Bonchev–Trinajstić information content (AvgIpc) is 2.68. The van der Waals surface area contributed by atoms with Crippen LogP contribution >= 0.6 is 0 Å². The van der Waals surface area contributed by atoms with Gasteiger partial charge in [0.15, 0.2) is 5.79 Å². The fourth-order valence-corrected chi connectivity index (χ4v) is 2.73. The molecule has 6 nitrogen and oxygen atoms in total. The van der Waals surface area contributed by atoms with Crippen molar-refractivity contribution < 1.29 is 29.3 Å². The molecule has 1 aliphatic rings. The summed E-state index contributed by atoms with van der Waals surface area (Å²) in [6.07, 6.45) is 7.74. The molecule has 0 atom stereocenters. The zero-order valence-electron chi connectivity index (χ0n) is 17.1. The Bertz CT molecular complexity index is 547. The van der Waals surface area contributed by atoms with E-state index >= 15 is 0 Å². The van der Waals surface area contributed by atoms with Crippen molar-refractivity contribution in [1.82, 2.24) is 0 Å². The van der Waals surface area contributed by atoms with Crippen molar-refractivity contribution in [3.8, 4) is 0 Å². The highest BCUT2D eigenvalue weighted by atomic mass is 16.5. The first-order chi connectivity index (χ1) is 13.4. The molecular formula is C22H34O6. The Kier molecular flexibility index (Phi) is 11.4. The van der Waals surface area contributed by atoms with Gasteiger partial charge in [-0.15, -0.1) is 0 Å². The Morgan fingerprint density at radius 1 is 0.857 bits per heavy atom. The van der Waals surface area contributed by atoms with Crippen LogP contribution in [0.4, 0.5) is 0 Å². The van der Waals surface area contributed by atoms with E-state index < -0.39 is 17.7 Å². The topological polar surface area (TPSA) is 93.1 Å². The van der Waals surface area contributed by atoms with E-state index in [2.05, 4.69) is 0 Å². The van der Waals surface area contributed by atoms with Gasteiger partial charge in [-0.05, 0) is 37.8 Å². The van der Waals surface area contributed by atoms with E-state index in [9.17, 15) is 9.59 Å². The predicted molar refractivity (Wildman–Crippen MR) is 107 cm³/mol. The highest BCUT2D eigenvalue weighted by molar-refractivity contribution is 6.03. The average molecular weight is 395 g/mol. The summed E-state index contributed by atoms with van der Waals surface area (Å²) >= 11 is 0. The fourth-order valence-electron chi connectivity index (χ4n) is 2.73. The lowest BCUT2D eigenvalue weighted by atomic mass is 9.95. The third kappa shape index (κ3) is 9.33. The molecule has 2 rings (SSSR count). The van der Waals surface area contributed by atoms with E-state index in [0.29, 0.717) is 26.1 Å². The van der Waals surface area contributed by atoms with Crippen LogP contribution in [0.5, 0.6) is 0 Å². The predicted octanol–water partition coefficient (Wildman–Crippen LogP) is 4.23. The zero-order chi connectivity index (χ0) is 20.8. The summed E-state index contributed by atoms with van der Waals surface area (Å²) in [5.41, 5.74) is 0.537. The Hall–Kier alpha value is -1.92. The molecule has 0 bridgehead atoms. The van der Waals surface area contributed by atoms with E-state index in [1.54, 1.807) is 24.3 Å². The third-order valence-electron chi connectivity index (χ3n) is 4.48. The summed E-state index contributed by atoms with van der Waals surface area (Å²) < 4.78 is 10.3. The Morgan fingerprint density at radius 2 is 1.29 bits per heavy atom. The molecule has 0 aliphatic heterocycles. The Morgan fingerprint density at radius 3 is 1.61 bits per heavy atom. The van der Waals surface area contributed by atoms with Gasteiger partial charge in [0.1, 0.15) is 0 Å². The number of unbranched alkanes of at least 4 members (excludes halogenated alkanes) is 2. The fraction of sp³-hybridized carbons (Fsp3) is 0.636. The van der Waals surface area contributed by atoms with Gasteiger partial charge in [0.25, 0.3) is 0 Å². The van der Waals surface area contributed by atoms with E-state index in [1.807, 2.05) is 13.8 Å². The molecule has 2 N–H and O–H groups in total. The molecule has 0 heterocycles. The van der Waals surface area contributed by atoms with Crippen LogP contribution in [0.15, 0.2) is 24.3 Å². The van der Waals surface area contributed by atoms with Gasteiger partial charge >= 0.3 is 11.9 Å². The van der Waals surface area contributed by atoms with E-state index in [-0.39, 0.29) is 11.1 Å². The van der Waals surface area contributed by atoms with Crippen LogP contribution < -0.4 is 0 Å². The van der Waals surface area contributed by atoms with Gasteiger partial charge in [0.05, 0.1) is 24.3 Å². The summed E-state index contributed by atoms with van der Waals surface area (Å²) in [6.45, 7) is 4.78. The second kappa shape index (κ2) is 13.3. The number of benzene rings is 1. The van der Waals surface area contributed by atoms with Crippen LogP contribution in [-0.4, -0.2) is 41.2 Å². The molecule has 0 spiro atoms. The van der Waals surface area contributed by atoms with Crippen LogP contribution in [0.2, 0.25) is 0 Å². The molecule has 1 aliphatic carbocycles. The summed E-state index contributed by atoms with van der Waals surface area (Å²) in [4.78, 5) is 23.9. The minimum atomic E-state index is -1.32. The van der Waals surface area contributed by atoms with Crippen molar-refractivity contribution in [2.75, 3.05) is 13.2 Å². The van der Waals surface area contributed by atoms with E-state index in [1.165, 1.54) is 0 Å². The minimum absolute atomic E-state index is 0.269. The molecule has 0 unspecified atom stereocenters. The molecule has 6 heteroatoms. The molecule has 0 radical (unpaired) electrons. The number of aliphatic hydroxyl groups is 2. The van der Waals surface area contributed by atoms with Gasteiger partial charge in [-0.25, -0.2) is 9.59 Å². The number of hydrogen-bond donors (Lipinski definition) is 2. The molecular weight excluding hydrogens is 360 g/mol. The maximum Gasteiger partial charge on any atom is 0.339 e. The van der Waals surface area contributed by atoms with E-state index in [0.717, 1.165) is 44.9 Å². The second-order valence-electron chi connectivity index (χ2n) is 7.07. The van der Waals surface area contributed by atoms with Crippen molar-refractivity contribution in [3.63, 3.8) is 0 Å². The number of esters is 2. The summed E-state index contributed by atoms with van der Waals surface area (Å²) in [6, 6.07) is 6.59. The van der Waals surface area contributed by atoms with Gasteiger partial charge in [-0.3, -0.25) is 0 Å². The first-order valence-electron chi connectivity index (χ1n) is 10.3. The molecule has 0 aromatic heterocycles. The lowest BCUT2D eigenvalue weighted by Crippen LogP contribution is -2.30. The second-order valence-corrected chi connectivity index (χ2v) is 7.07. The molecule has 1 aromatic carbocycles. The van der Waals surface area contributed by atoms with Crippen molar-refractivity contribution >= 4 is 11.9 Å². The molecule has 0 amide bonds. The highest BCUT2D eigenvalue weighted by Crippen LogP contribution is 2.24. The molecule has 28 heavy (non-hydrogen) atoms. The number of carbonyl (C=O) groups is 2. The first-order valence-corrected chi connectivity index (χ1v) is 10.3. The summed E-state index contributed by atoms with van der Waals surface area (Å²) in [5, 5.41) is 17.9. The monoisotopic (exact) mass is 394 g/mol. The Labute approximate surface area is 167 Å². The maximum absolute atomic E-state index is 11.9. The maximum atomic E-state index is 11.9. The van der Waals surface area contributed by atoms with Crippen molar-refractivity contribution in [1.29, 1.82) is 0 Å². The SMILES string of the molecule is CCCCOC(=O)c1ccccc1C(=O)OCCCC.OC1(O)CCCCC1. The molecule has 1 fully saturated rings. The zero-order valence-corrected chi connectivity index (χ0v) is 17.1. The van der Waals surface area contributed by atoms with Crippen LogP contribution in [0, 0.1) is 0 Å². The van der Waals surface area contributed by atoms with Gasteiger partial charge in [0, 0.05) is 12.8 Å².